The summed E-state index contributed by atoms with van der Waals surface area (Å²) in [5.41, 5.74) is 4.03. The number of carboxylic acid groups (broad SMARTS) is 1. The van der Waals surface area contributed by atoms with Gasteiger partial charge in [0, 0.05) is 8.80 Å². The number of carbonyl (C=O) groups is 1. The highest BCUT2D eigenvalue weighted by atomic mass is 28.3. The van der Waals surface area contributed by atoms with Crippen molar-refractivity contribution in [2.24, 2.45) is 5.73 Å². The molecule has 0 aliphatic rings. The molecule has 0 fully saturated rings. The van der Waals surface area contributed by atoms with Crippen molar-refractivity contribution < 1.29 is 9.90 Å². The molecule has 0 unspecified atom stereocenters. The molecule has 0 rings (SSSR count). The van der Waals surface area contributed by atoms with Crippen LogP contribution in [0.2, 0.25) is 19.6 Å². The van der Waals surface area contributed by atoms with Crippen LogP contribution in [0, 0.1) is 0 Å². The third-order valence-corrected chi connectivity index (χ3v) is 0. The van der Waals surface area contributed by atoms with Crippen LogP contribution in [0.4, 0.5) is 4.79 Å². The summed E-state index contributed by atoms with van der Waals surface area (Å²) in [5, 5.41) is 7.19. The van der Waals surface area contributed by atoms with Gasteiger partial charge in [-0.05, 0) is 0 Å². The van der Waals surface area contributed by atoms with E-state index in [4.69, 9.17) is 9.90 Å². The number of amides is 1. The van der Waals surface area contributed by atoms with E-state index in [2.05, 4.69) is 25.4 Å². The number of hydrogen-bond donors (Lipinski definition) is 2. The summed E-state index contributed by atoms with van der Waals surface area (Å²) in [5.74, 6) is 0. The Morgan fingerprint density at radius 3 is 1.50 bits per heavy atom. The van der Waals surface area contributed by atoms with Gasteiger partial charge in [0.25, 0.3) is 0 Å². The van der Waals surface area contributed by atoms with Crippen LogP contribution in [0.15, 0.2) is 0 Å². The fraction of sp³-hybridized carbons (Fsp3) is 0.750. The van der Waals surface area contributed by atoms with Crippen LogP contribution in [0.3, 0.4) is 0 Å². The summed E-state index contributed by atoms with van der Waals surface area (Å²) < 4.78 is 0. The van der Waals surface area contributed by atoms with Crippen molar-refractivity contribution in [3.05, 3.63) is 0 Å². The quantitative estimate of drug-likeness (QED) is 0.481. The Morgan fingerprint density at radius 2 is 1.50 bits per heavy atom. The van der Waals surface area contributed by atoms with Gasteiger partial charge in [0.1, 0.15) is 0 Å². The lowest BCUT2D eigenvalue weighted by Gasteiger charge is -1.75. The molecule has 3 N–H and O–H groups in total. The summed E-state index contributed by atoms with van der Waals surface area (Å²) in [7, 11) is -0.139. The maximum Gasteiger partial charge on any atom is 0.402 e. The molecule has 4 heteroatoms. The van der Waals surface area contributed by atoms with E-state index < -0.39 is 6.09 Å². The van der Waals surface area contributed by atoms with E-state index in [1.54, 1.807) is 0 Å². The predicted molar refractivity (Wildman–Crippen MR) is 37.0 cm³/mol. The van der Waals surface area contributed by atoms with Crippen molar-refractivity contribution in [2.75, 3.05) is 0 Å². The van der Waals surface area contributed by atoms with Gasteiger partial charge in [0.2, 0.25) is 0 Å². The van der Waals surface area contributed by atoms with Crippen LogP contribution in [-0.2, 0) is 0 Å². The zero-order valence-corrected chi connectivity index (χ0v) is 6.66. The summed E-state index contributed by atoms with van der Waals surface area (Å²) in [6.07, 6.45) is -1.33. The van der Waals surface area contributed by atoms with Crippen molar-refractivity contribution in [1.29, 1.82) is 0 Å². The minimum Gasteiger partial charge on any atom is -0.465 e. The molecular formula is C4H13NO2Si. The average Bonchev–Trinajstić information content (AvgIpc) is 1.25. The minimum atomic E-state index is -1.33. The second-order valence-corrected chi connectivity index (χ2v) is 5.53. The summed E-state index contributed by atoms with van der Waals surface area (Å²) in [6.45, 7) is 6.92. The van der Waals surface area contributed by atoms with Gasteiger partial charge in [-0.15, -0.1) is 0 Å². The highest BCUT2D eigenvalue weighted by molar-refractivity contribution is 6.54. The minimum absolute atomic E-state index is 0.139. The molecule has 0 aromatic carbocycles. The maximum absolute atomic E-state index is 8.78. The van der Waals surface area contributed by atoms with Gasteiger partial charge in [-0.2, -0.15) is 0 Å². The van der Waals surface area contributed by atoms with Gasteiger partial charge in [0.15, 0.2) is 0 Å². The molecule has 3 nitrogen and oxygen atoms in total. The Hall–Kier alpha value is -0.513. The first-order valence-corrected chi connectivity index (χ1v) is 5.91. The van der Waals surface area contributed by atoms with Crippen LogP contribution < -0.4 is 5.73 Å². The van der Waals surface area contributed by atoms with Crippen molar-refractivity contribution in [3.63, 3.8) is 0 Å². The van der Waals surface area contributed by atoms with E-state index in [0.29, 0.717) is 0 Å². The molecule has 0 aliphatic carbocycles. The molecular weight excluding hydrogens is 122 g/mol. The topological polar surface area (TPSA) is 63.3 Å². The molecule has 0 bridgehead atoms. The van der Waals surface area contributed by atoms with Gasteiger partial charge >= 0.3 is 6.09 Å². The zero-order chi connectivity index (χ0) is 7.15. The van der Waals surface area contributed by atoms with Gasteiger partial charge in [0.05, 0.1) is 0 Å². The van der Waals surface area contributed by atoms with Crippen LogP contribution in [0.25, 0.3) is 0 Å². The maximum atomic E-state index is 8.78. The van der Waals surface area contributed by atoms with Gasteiger partial charge in [-0.1, -0.05) is 19.6 Å². The Labute approximate surface area is 51.1 Å². The third-order valence-electron chi connectivity index (χ3n) is 0. The van der Waals surface area contributed by atoms with Gasteiger partial charge < -0.3 is 10.8 Å². The van der Waals surface area contributed by atoms with Crippen LogP contribution in [0.1, 0.15) is 0 Å². The normalized spacial score (nSPS) is 7.50. The van der Waals surface area contributed by atoms with Crippen molar-refractivity contribution >= 4 is 14.9 Å². The fourth-order valence-corrected chi connectivity index (χ4v) is 0. The van der Waals surface area contributed by atoms with E-state index in [9.17, 15) is 0 Å². The first kappa shape index (κ1) is 10.5. The molecule has 0 aliphatic heterocycles. The first-order valence-electron chi connectivity index (χ1n) is 2.45. The van der Waals surface area contributed by atoms with E-state index in [1.807, 2.05) is 0 Å². The van der Waals surface area contributed by atoms with Gasteiger partial charge in [-0.3, -0.25) is 0 Å². The second kappa shape index (κ2) is 6.49. The Balaban J connectivity index is 0. The van der Waals surface area contributed by atoms with Crippen molar-refractivity contribution in [2.45, 2.75) is 19.6 Å². The number of rotatable bonds is 0. The lowest BCUT2D eigenvalue weighted by molar-refractivity contribution is 0.205. The molecule has 8 heavy (non-hydrogen) atoms. The standard InChI is InChI=1S/C3H10Si.CH3NO2/c1-4(2)3;2-1(3)4/h4H,1-3H3;2H2,(H,3,4). The third kappa shape index (κ3) is 420. The lowest BCUT2D eigenvalue weighted by Crippen LogP contribution is -2.03. The summed E-state index contributed by atoms with van der Waals surface area (Å²) in [6, 6.07) is 0. The first-order chi connectivity index (χ1) is 3.46. The molecule has 50 valence electrons. The number of nitrogens with two attached hydrogens (primary N) is 1. The molecule has 0 saturated carbocycles. The lowest BCUT2D eigenvalue weighted by atomic mass is 11.3. The number of primary amides is 1. The summed E-state index contributed by atoms with van der Waals surface area (Å²) in [4.78, 5) is 8.78. The monoisotopic (exact) mass is 135 g/mol. The van der Waals surface area contributed by atoms with E-state index >= 15 is 0 Å². The molecule has 0 radical (unpaired) electrons. The predicted octanol–water partition coefficient (Wildman–Crippen LogP) is 0.726. The van der Waals surface area contributed by atoms with Crippen LogP contribution >= 0.6 is 0 Å². The van der Waals surface area contributed by atoms with Crippen LogP contribution in [-0.4, -0.2) is 20.0 Å². The molecule has 0 spiro atoms. The van der Waals surface area contributed by atoms with Crippen LogP contribution in [0.5, 0.6) is 0 Å². The van der Waals surface area contributed by atoms with E-state index in [-0.39, 0.29) is 8.80 Å². The Kier molecular flexibility index (Phi) is 8.49. The van der Waals surface area contributed by atoms with E-state index in [1.165, 1.54) is 0 Å². The largest absolute Gasteiger partial charge is 0.465 e. The molecule has 1 amide bonds. The Morgan fingerprint density at radius 1 is 1.50 bits per heavy atom. The van der Waals surface area contributed by atoms with Crippen molar-refractivity contribution in [3.8, 4) is 0 Å². The SMILES string of the molecule is C[SiH](C)C.NC(=O)O. The summed E-state index contributed by atoms with van der Waals surface area (Å²) >= 11 is 0. The molecule has 0 saturated heterocycles. The number of hydrogen-bond acceptors (Lipinski definition) is 1. The smallest absolute Gasteiger partial charge is 0.402 e. The molecule has 0 heterocycles. The van der Waals surface area contributed by atoms with E-state index in [0.717, 1.165) is 0 Å². The van der Waals surface area contributed by atoms with Gasteiger partial charge in [-0.25, -0.2) is 4.79 Å². The highest BCUT2D eigenvalue weighted by Crippen LogP contribution is 1.68. The molecule has 0 aromatic rings. The second-order valence-electron chi connectivity index (χ2n) is 2.07. The fourth-order valence-electron chi connectivity index (χ4n) is 0. The van der Waals surface area contributed by atoms with Crippen molar-refractivity contribution in [1.82, 2.24) is 0 Å². The molecule has 0 atom stereocenters. The highest BCUT2D eigenvalue weighted by Gasteiger charge is 1.71. The average molecular weight is 135 g/mol. The molecule has 0 aromatic heterocycles. The Bertz CT molecular complexity index is 58.3. The zero-order valence-electron chi connectivity index (χ0n) is 5.51.